The van der Waals surface area contributed by atoms with Crippen LogP contribution >= 0.6 is 0 Å². The van der Waals surface area contributed by atoms with Crippen molar-refractivity contribution in [3.05, 3.63) is 59.2 Å². The molecule has 0 spiro atoms. The molecule has 0 saturated carbocycles. The van der Waals surface area contributed by atoms with E-state index in [1.807, 2.05) is 0 Å². The van der Waals surface area contributed by atoms with E-state index in [4.69, 9.17) is 14.9 Å². The topological polar surface area (TPSA) is 130 Å². The lowest BCUT2D eigenvalue weighted by Gasteiger charge is -2.10. The first-order valence-electron chi connectivity index (χ1n) is 6.95. The van der Waals surface area contributed by atoms with Crippen molar-refractivity contribution in [1.29, 1.82) is 0 Å². The maximum Gasteiger partial charge on any atom is 0.335 e. The Kier molecular flexibility index (Phi) is 5.40. The highest BCUT2D eigenvalue weighted by Crippen LogP contribution is 2.20. The smallest absolute Gasteiger partial charge is 0.335 e. The lowest BCUT2D eigenvalue weighted by atomic mass is 10.1. The van der Waals surface area contributed by atoms with Crippen LogP contribution in [-0.4, -0.2) is 37.7 Å². The fraction of sp³-hybridized carbons (Fsp3) is 0.125. The Hall–Kier alpha value is -2.91. The molecule has 0 aliphatic rings. The Morgan fingerprint density at radius 1 is 1.00 bits per heavy atom. The molecule has 0 aliphatic carbocycles. The average molecular weight is 365 g/mol. The van der Waals surface area contributed by atoms with E-state index in [0.29, 0.717) is 6.61 Å². The molecule has 0 aromatic heterocycles. The zero-order chi connectivity index (χ0) is 18.6. The predicted octanol–water partition coefficient (Wildman–Crippen LogP) is 2.03. The summed E-state index contributed by atoms with van der Waals surface area (Å²) in [5.41, 5.74) is 0.218. The van der Waals surface area contributed by atoms with E-state index in [9.17, 15) is 18.0 Å². The van der Waals surface area contributed by atoms with Gasteiger partial charge in [0.05, 0.1) is 22.6 Å². The van der Waals surface area contributed by atoms with E-state index in [1.165, 1.54) is 19.2 Å². The van der Waals surface area contributed by atoms with Gasteiger partial charge in [-0.1, -0.05) is 12.1 Å². The van der Waals surface area contributed by atoms with Gasteiger partial charge in [0.15, 0.2) is 0 Å². The first kappa shape index (κ1) is 18.4. The van der Waals surface area contributed by atoms with Crippen LogP contribution in [0.2, 0.25) is 0 Å². The second-order valence-corrected chi connectivity index (χ2v) is 6.77. The van der Waals surface area contributed by atoms with Gasteiger partial charge in [-0.15, -0.1) is 0 Å². The van der Waals surface area contributed by atoms with Crippen molar-refractivity contribution < 1.29 is 33.0 Å². The van der Waals surface area contributed by atoms with Crippen LogP contribution in [0.5, 0.6) is 0 Å². The molecule has 0 fully saturated rings. The minimum atomic E-state index is -4.16. The molecule has 0 bridgehead atoms. The minimum absolute atomic E-state index is 0.248. The van der Waals surface area contributed by atoms with Gasteiger partial charge >= 0.3 is 11.9 Å². The van der Waals surface area contributed by atoms with Gasteiger partial charge in [-0.25, -0.2) is 18.0 Å². The van der Waals surface area contributed by atoms with E-state index < -0.39 is 38.0 Å². The molecule has 0 heterocycles. The number of carbonyl (C=O) groups is 2. The Bertz CT molecular complexity index is 872. The molecule has 0 unspecified atom stereocenters. The lowest BCUT2D eigenvalue weighted by molar-refractivity contribution is 0.0696. The van der Waals surface area contributed by atoms with E-state index in [1.54, 1.807) is 12.1 Å². The Balaban J connectivity index is 2.38. The summed E-state index contributed by atoms with van der Waals surface area (Å²) >= 11 is 0. The van der Waals surface area contributed by atoms with E-state index in [-0.39, 0.29) is 5.69 Å². The van der Waals surface area contributed by atoms with Crippen LogP contribution in [0.3, 0.4) is 0 Å². The normalized spacial score (nSPS) is 11.1. The van der Waals surface area contributed by atoms with Gasteiger partial charge in [0.2, 0.25) is 0 Å². The van der Waals surface area contributed by atoms with Gasteiger partial charge in [0.25, 0.3) is 10.0 Å². The molecule has 0 amide bonds. The molecule has 2 aromatic rings. The molecule has 8 nitrogen and oxygen atoms in total. The average Bonchev–Trinajstić information content (AvgIpc) is 2.56. The SMILES string of the molecule is COCc1ccc(NS(=O)(=O)c2cc(C(=O)O)cc(C(=O)O)c2)cc1. The Labute approximate surface area is 143 Å². The molecule has 0 radical (unpaired) electrons. The summed E-state index contributed by atoms with van der Waals surface area (Å²) in [4.78, 5) is 21.7. The van der Waals surface area contributed by atoms with Crippen LogP contribution in [0.4, 0.5) is 5.69 Å². The molecule has 0 atom stereocenters. The second-order valence-electron chi connectivity index (χ2n) is 5.09. The summed E-state index contributed by atoms with van der Waals surface area (Å²) < 4.78 is 32.1. The molecule has 2 aromatic carbocycles. The van der Waals surface area contributed by atoms with E-state index >= 15 is 0 Å². The standard InChI is InChI=1S/C16H15NO7S/c1-24-9-10-2-4-13(5-3-10)17-25(22,23)14-7-11(15(18)19)6-12(8-14)16(20)21/h2-8,17H,9H2,1H3,(H,18,19)(H,20,21). The van der Waals surface area contributed by atoms with Crippen molar-refractivity contribution in [1.82, 2.24) is 0 Å². The number of hydrogen-bond acceptors (Lipinski definition) is 5. The monoisotopic (exact) mass is 365 g/mol. The number of hydrogen-bond donors (Lipinski definition) is 3. The maximum atomic E-state index is 12.4. The third kappa shape index (κ3) is 4.55. The number of carboxylic acid groups (broad SMARTS) is 2. The molecule has 132 valence electrons. The molecule has 25 heavy (non-hydrogen) atoms. The first-order valence-corrected chi connectivity index (χ1v) is 8.43. The third-order valence-corrected chi connectivity index (χ3v) is 4.59. The number of rotatable bonds is 7. The van der Waals surface area contributed by atoms with Gasteiger partial charge in [-0.3, -0.25) is 4.72 Å². The summed E-state index contributed by atoms with van der Waals surface area (Å²) in [5.74, 6) is -2.85. The van der Waals surface area contributed by atoms with Crippen LogP contribution in [0, 0.1) is 0 Å². The Morgan fingerprint density at radius 2 is 1.52 bits per heavy atom. The van der Waals surface area contributed by atoms with Crippen LogP contribution < -0.4 is 4.72 Å². The van der Waals surface area contributed by atoms with Crippen molar-refractivity contribution in [2.24, 2.45) is 0 Å². The molecular formula is C16H15NO7S. The molecule has 9 heteroatoms. The molecule has 0 saturated heterocycles. The highest BCUT2D eigenvalue weighted by Gasteiger charge is 2.20. The molecular weight excluding hydrogens is 350 g/mol. The van der Waals surface area contributed by atoms with E-state index in [0.717, 1.165) is 23.8 Å². The zero-order valence-corrected chi connectivity index (χ0v) is 13.9. The van der Waals surface area contributed by atoms with Crippen molar-refractivity contribution in [2.75, 3.05) is 11.8 Å². The number of nitrogens with one attached hydrogen (secondary N) is 1. The van der Waals surface area contributed by atoms with Gasteiger partial charge in [-0.05, 0) is 35.9 Å². The summed E-state index contributed by atoms with van der Waals surface area (Å²) in [5, 5.41) is 18.1. The quantitative estimate of drug-likeness (QED) is 0.684. The zero-order valence-electron chi connectivity index (χ0n) is 13.1. The van der Waals surface area contributed by atoms with Gasteiger partial charge in [-0.2, -0.15) is 0 Å². The maximum absolute atomic E-state index is 12.4. The number of methoxy groups -OCH3 is 1. The summed E-state index contributed by atoms with van der Waals surface area (Å²) in [7, 11) is -2.62. The largest absolute Gasteiger partial charge is 0.478 e. The van der Waals surface area contributed by atoms with Crippen LogP contribution in [0.1, 0.15) is 26.3 Å². The second kappa shape index (κ2) is 7.32. The summed E-state index contributed by atoms with van der Waals surface area (Å²) in [6.45, 7) is 0.371. The molecule has 3 N–H and O–H groups in total. The number of ether oxygens (including phenoxy) is 1. The minimum Gasteiger partial charge on any atom is -0.478 e. The fourth-order valence-electron chi connectivity index (χ4n) is 2.05. The van der Waals surface area contributed by atoms with Gasteiger partial charge < -0.3 is 14.9 Å². The first-order chi connectivity index (χ1) is 11.7. The number of benzene rings is 2. The lowest BCUT2D eigenvalue weighted by Crippen LogP contribution is -2.15. The molecule has 0 aliphatic heterocycles. The Morgan fingerprint density at radius 3 is 1.96 bits per heavy atom. The van der Waals surface area contributed by atoms with Crippen molar-refractivity contribution in [3.8, 4) is 0 Å². The highest BCUT2D eigenvalue weighted by atomic mass is 32.2. The van der Waals surface area contributed by atoms with Crippen molar-refractivity contribution in [3.63, 3.8) is 0 Å². The number of aromatic carboxylic acids is 2. The van der Waals surface area contributed by atoms with Crippen molar-refractivity contribution >= 4 is 27.6 Å². The number of sulfonamides is 1. The fourth-order valence-corrected chi connectivity index (χ4v) is 3.18. The number of carboxylic acids is 2. The summed E-state index contributed by atoms with van der Waals surface area (Å²) in [6, 6.07) is 9.06. The van der Waals surface area contributed by atoms with E-state index in [2.05, 4.69) is 4.72 Å². The predicted molar refractivity (Wildman–Crippen MR) is 88.3 cm³/mol. The van der Waals surface area contributed by atoms with Crippen LogP contribution in [0.15, 0.2) is 47.4 Å². The van der Waals surface area contributed by atoms with Crippen molar-refractivity contribution in [2.45, 2.75) is 11.5 Å². The summed E-state index contributed by atoms with van der Waals surface area (Å²) in [6.07, 6.45) is 0. The van der Waals surface area contributed by atoms with Gasteiger partial charge in [0, 0.05) is 12.8 Å². The number of anilines is 1. The highest BCUT2D eigenvalue weighted by molar-refractivity contribution is 7.92. The molecule has 2 rings (SSSR count). The van der Waals surface area contributed by atoms with Crippen LogP contribution in [-0.2, 0) is 21.4 Å². The third-order valence-electron chi connectivity index (χ3n) is 3.23. The van der Waals surface area contributed by atoms with Crippen LogP contribution in [0.25, 0.3) is 0 Å². The van der Waals surface area contributed by atoms with Gasteiger partial charge in [0.1, 0.15) is 0 Å².